The Bertz CT molecular complexity index is 1400. The van der Waals surface area contributed by atoms with Crippen LogP contribution in [0.3, 0.4) is 0 Å². The minimum absolute atomic E-state index is 0.0751. The number of anilines is 1. The number of hydrogen-bond acceptors (Lipinski definition) is 8. The van der Waals surface area contributed by atoms with Gasteiger partial charge in [-0.1, -0.05) is 24.3 Å². The maximum absolute atomic E-state index is 13.8. The summed E-state index contributed by atoms with van der Waals surface area (Å²) in [5.74, 6) is -0.187. The lowest BCUT2D eigenvalue weighted by Crippen LogP contribution is -2.39. The minimum Gasteiger partial charge on any atom is -0.379 e. The predicted octanol–water partition coefficient (Wildman–Crippen LogP) is 4.03. The molecule has 2 aliphatic rings. The van der Waals surface area contributed by atoms with Crippen molar-refractivity contribution in [2.24, 2.45) is 0 Å². The van der Waals surface area contributed by atoms with Gasteiger partial charge in [0.1, 0.15) is 0 Å². The van der Waals surface area contributed by atoms with Gasteiger partial charge in [-0.2, -0.15) is 4.31 Å². The summed E-state index contributed by atoms with van der Waals surface area (Å²) in [6, 6.07) is 12.5. The number of sulfonamides is 1. The van der Waals surface area contributed by atoms with Crippen LogP contribution in [0.2, 0.25) is 0 Å². The molecule has 0 radical (unpaired) electrons. The summed E-state index contributed by atoms with van der Waals surface area (Å²) in [5.41, 5.74) is 2.54. The molecular formula is C29H38N4O5S2. The number of morpholine rings is 1. The highest BCUT2D eigenvalue weighted by Crippen LogP contribution is 2.31. The van der Waals surface area contributed by atoms with E-state index in [2.05, 4.69) is 24.0 Å². The molecule has 11 heteroatoms. The van der Waals surface area contributed by atoms with Crippen molar-refractivity contribution in [1.82, 2.24) is 14.2 Å². The average molecular weight is 587 g/mol. The van der Waals surface area contributed by atoms with Crippen molar-refractivity contribution >= 4 is 42.6 Å². The maximum Gasteiger partial charge on any atom is 0.260 e. The minimum atomic E-state index is -3.69. The average Bonchev–Trinajstić information content (AvgIpc) is 3.65. The lowest BCUT2D eigenvalue weighted by atomic mass is 10.2. The van der Waals surface area contributed by atoms with Crippen LogP contribution in [-0.2, 0) is 25.9 Å². The molecule has 0 aliphatic carbocycles. The molecule has 0 spiro atoms. The van der Waals surface area contributed by atoms with E-state index < -0.39 is 10.0 Å². The number of amides is 1. The molecule has 5 rings (SSSR count). The van der Waals surface area contributed by atoms with Gasteiger partial charge in [-0.15, -0.1) is 0 Å². The fourth-order valence-corrected chi connectivity index (χ4v) is 7.39. The largest absolute Gasteiger partial charge is 0.379 e. The number of thiazole rings is 1. The monoisotopic (exact) mass is 586 g/mol. The predicted molar refractivity (Wildman–Crippen MR) is 158 cm³/mol. The summed E-state index contributed by atoms with van der Waals surface area (Å²) in [5, 5.41) is 0.656. The Kier molecular flexibility index (Phi) is 9.49. The molecule has 1 unspecified atom stereocenters. The van der Waals surface area contributed by atoms with Crippen LogP contribution in [0.15, 0.2) is 47.4 Å². The van der Waals surface area contributed by atoms with Gasteiger partial charge in [0.25, 0.3) is 5.91 Å². The van der Waals surface area contributed by atoms with Gasteiger partial charge in [0.05, 0.1) is 34.4 Å². The molecule has 0 saturated carbocycles. The van der Waals surface area contributed by atoms with Crippen LogP contribution in [0.1, 0.15) is 42.1 Å². The van der Waals surface area contributed by atoms with E-state index in [9.17, 15) is 13.2 Å². The van der Waals surface area contributed by atoms with Gasteiger partial charge in [-0.3, -0.25) is 14.6 Å². The Morgan fingerprint density at radius 2 is 1.90 bits per heavy atom. The number of benzene rings is 2. The molecular weight excluding hydrogens is 548 g/mol. The van der Waals surface area contributed by atoms with E-state index in [1.165, 1.54) is 33.3 Å². The van der Waals surface area contributed by atoms with Crippen molar-refractivity contribution in [2.75, 3.05) is 64.5 Å². The van der Waals surface area contributed by atoms with Crippen LogP contribution in [0.4, 0.5) is 5.13 Å². The number of rotatable bonds is 11. The molecule has 216 valence electrons. The number of carbonyl (C=O) groups excluding carboxylic acids is 1. The van der Waals surface area contributed by atoms with Gasteiger partial charge in [0, 0.05) is 51.9 Å². The summed E-state index contributed by atoms with van der Waals surface area (Å²) in [4.78, 5) is 22.9. The van der Waals surface area contributed by atoms with Crippen molar-refractivity contribution in [3.05, 3.63) is 53.6 Å². The summed E-state index contributed by atoms with van der Waals surface area (Å²) >= 11 is 1.52. The van der Waals surface area contributed by atoms with Crippen LogP contribution in [0, 0.1) is 0 Å². The molecule has 0 N–H and O–H groups in total. The van der Waals surface area contributed by atoms with E-state index >= 15 is 0 Å². The van der Waals surface area contributed by atoms with Crippen molar-refractivity contribution in [2.45, 2.75) is 43.6 Å². The van der Waals surface area contributed by atoms with Crippen molar-refractivity contribution in [1.29, 1.82) is 0 Å². The quantitative estimate of drug-likeness (QED) is 0.335. The Hall–Kier alpha value is -2.41. The number of ether oxygens (including phenoxy) is 2. The van der Waals surface area contributed by atoms with Crippen LogP contribution < -0.4 is 4.90 Å². The molecule has 2 aliphatic heterocycles. The standard InChI is InChI=1S/C29H38N4O5S2/c1-3-22-7-12-26-27(20-22)39-29(30-26)33(14-5-13-32-15-18-37-19-16-32)28(34)23-8-10-25(11-9-23)40(35,36)31(2)21-24-6-4-17-38-24/h7-12,20,24H,3-6,13-19,21H2,1-2H3. The Labute approximate surface area is 240 Å². The lowest BCUT2D eigenvalue weighted by molar-refractivity contribution is 0.0376. The number of carbonyl (C=O) groups is 1. The summed E-state index contributed by atoms with van der Waals surface area (Å²) in [6.45, 7) is 7.75. The van der Waals surface area contributed by atoms with E-state index in [0.717, 1.165) is 68.7 Å². The van der Waals surface area contributed by atoms with Gasteiger partial charge in [0.15, 0.2) is 5.13 Å². The maximum atomic E-state index is 13.8. The Morgan fingerprint density at radius 1 is 1.12 bits per heavy atom. The third-order valence-electron chi connectivity index (χ3n) is 7.58. The van der Waals surface area contributed by atoms with Crippen LogP contribution >= 0.6 is 11.3 Å². The zero-order valence-corrected chi connectivity index (χ0v) is 24.9. The molecule has 2 fully saturated rings. The summed E-state index contributed by atoms with van der Waals surface area (Å²) in [7, 11) is -2.12. The second kappa shape index (κ2) is 13.1. The number of nitrogens with zero attached hydrogens (tertiary/aromatic N) is 4. The third-order valence-corrected chi connectivity index (χ3v) is 10.5. The molecule has 40 heavy (non-hydrogen) atoms. The van der Waals surface area contributed by atoms with E-state index in [1.807, 2.05) is 6.07 Å². The molecule has 1 aromatic heterocycles. The van der Waals surface area contributed by atoms with Crippen LogP contribution in [-0.4, -0.2) is 94.2 Å². The first-order valence-electron chi connectivity index (χ1n) is 14.0. The van der Waals surface area contributed by atoms with E-state index in [0.29, 0.717) is 30.4 Å². The first-order valence-corrected chi connectivity index (χ1v) is 16.3. The van der Waals surface area contributed by atoms with E-state index in [4.69, 9.17) is 14.5 Å². The topological polar surface area (TPSA) is 92.3 Å². The second-order valence-corrected chi connectivity index (χ2v) is 13.4. The van der Waals surface area contributed by atoms with Crippen LogP contribution in [0.25, 0.3) is 10.2 Å². The molecule has 2 aromatic carbocycles. The number of likely N-dealkylation sites (N-methyl/N-ethyl adjacent to an activating group) is 1. The first-order chi connectivity index (χ1) is 19.3. The van der Waals surface area contributed by atoms with E-state index in [-0.39, 0.29) is 16.9 Å². The Morgan fingerprint density at radius 3 is 2.60 bits per heavy atom. The molecule has 9 nitrogen and oxygen atoms in total. The van der Waals surface area contributed by atoms with Gasteiger partial charge < -0.3 is 9.47 Å². The normalized spacial score (nSPS) is 18.5. The molecule has 0 bridgehead atoms. The summed E-state index contributed by atoms with van der Waals surface area (Å²) < 4.78 is 39.8. The van der Waals surface area contributed by atoms with Gasteiger partial charge >= 0.3 is 0 Å². The fraction of sp³-hybridized carbons (Fsp3) is 0.517. The second-order valence-electron chi connectivity index (χ2n) is 10.4. The Balaban J connectivity index is 1.35. The highest BCUT2D eigenvalue weighted by atomic mass is 32.2. The highest BCUT2D eigenvalue weighted by molar-refractivity contribution is 7.89. The van der Waals surface area contributed by atoms with Crippen LogP contribution in [0.5, 0.6) is 0 Å². The zero-order valence-electron chi connectivity index (χ0n) is 23.3. The van der Waals surface area contributed by atoms with Gasteiger partial charge in [-0.05, 0) is 67.6 Å². The third kappa shape index (κ3) is 6.72. The number of aryl methyl sites for hydroxylation is 1. The summed E-state index contributed by atoms with van der Waals surface area (Å²) in [6.07, 6.45) is 3.47. The number of fused-ring (bicyclic) bond motifs is 1. The van der Waals surface area contributed by atoms with Crippen molar-refractivity contribution < 1.29 is 22.7 Å². The SMILES string of the molecule is CCc1ccc2nc(N(CCCN3CCOCC3)C(=O)c3ccc(S(=O)(=O)N(C)CC4CCCO4)cc3)sc2c1. The molecule has 3 heterocycles. The van der Waals surface area contributed by atoms with Crippen molar-refractivity contribution in [3.63, 3.8) is 0 Å². The lowest BCUT2D eigenvalue weighted by Gasteiger charge is -2.27. The molecule has 1 atom stereocenters. The molecule has 3 aromatic rings. The number of hydrogen-bond donors (Lipinski definition) is 0. The van der Waals surface area contributed by atoms with Gasteiger partial charge in [0.2, 0.25) is 10.0 Å². The fourth-order valence-electron chi connectivity index (χ4n) is 5.13. The first kappa shape index (κ1) is 29.1. The highest BCUT2D eigenvalue weighted by Gasteiger charge is 2.27. The van der Waals surface area contributed by atoms with Gasteiger partial charge in [-0.25, -0.2) is 13.4 Å². The smallest absolute Gasteiger partial charge is 0.260 e. The molecule has 2 saturated heterocycles. The number of aromatic nitrogens is 1. The molecule has 1 amide bonds. The van der Waals surface area contributed by atoms with E-state index in [1.54, 1.807) is 24.1 Å². The van der Waals surface area contributed by atoms with Crippen molar-refractivity contribution in [3.8, 4) is 0 Å². The zero-order chi connectivity index (χ0) is 28.1.